The molecule has 5 rings (SSSR count). The van der Waals surface area contributed by atoms with E-state index in [9.17, 15) is 19.5 Å². The molecule has 1 unspecified atom stereocenters. The van der Waals surface area contributed by atoms with E-state index in [4.69, 9.17) is 5.84 Å². The van der Waals surface area contributed by atoms with Crippen LogP contribution < -0.4 is 11.3 Å². The number of carboxylic acid groups (broad SMARTS) is 1. The number of hydrogen-bond donors (Lipinski definition) is 3. The van der Waals surface area contributed by atoms with E-state index in [-0.39, 0.29) is 5.91 Å². The molecule has 4 heterocycles. The molecular weight excluding hydrogens is 502 g/mol. The molecule has 190 valence electrons. The number of likely N-dealkylation sites (tertiary alicyclic amines) is 1. The van der Waals surface area contributed by atoms with Gasteiger partial charge in [-0.15, -0.1) is 11.3 Å². The summed E-state index contributed by atoms with van der Waals surface area (Å²) in [4.78, 5) is 48.2. The number of amides is 2. The second kappa shape index (κ2) is 10.8. The van der Waals surface area contributed by atoms with Gasteiger partial charge in [-0.3, -0.25) is 20.0 Å². The van der Waals surface area contributed by atoms with Crippen molar-refractivity contribution >= 4 is 40.0 Å². The number of pyridine rings is 2. The topological polar surface area (TPSA) is 139 Å². The molecular formula is C28H23N5O4S. The number of nitrogens with two attached hydrogens (primary N) is 1. The highest BCUT2D eigenvalue weighted by Gasteiger charge is 2.33. The molecule has 1 atom stereocenters. The highest BCUT2D eigenvalue weighted by molar-refractivity contribution is 7.14. The number of piperidine rings is 1. The Morgan fingerprint density at radius 1 is 1.08 bits per heavy atom. The maximum absolute atomic E-state index is 12.9. The summed E-state index contributed by atoms with van der Waals surface area (Å²) in [5, 5.41) is 10.1. The van der Waals surface area contributed by atoms with Gasteiger partial charge in [0.05, 0.1) is 26.5 Å². The minimum absolute atomic E-state index is 0.263. The van der Waals surface area contributed by atoms with Crippen LogP contribution in [-0.2, 0) is 4.79 Å². The SMILES string of the molecule is NNC(=O)c1cc(-c2ccc(C#Cc3ccc(C(=O)N4CCCCC4C(=O)O)s3)cc2)nc2ccncc12. The smallest absolute Gasteiger partial charge is 0.326 e. The van der Waals surface area contributed by atoms with Crippen molar-refractivity contribution < 1.29 is 19.5 Å². The van der Waals surface area contributed by atoms with Gasteiger partial charge in [-0.1, -0.05) is 24.0 Å². The Kier molecular flexibility index (Phi) is 7.13. The number of rotatable bonds is 4. The molecule has 3 aromatic heterocycles. The number of hydrogen-bond acceptors (Lipinski definition) is 7. The van der Waals surface area contributed by atoms with E-state index in [0.717, 1.165) is 24.0 Å². The Morgan fingerprint density at radius 2 is 1.89 bits per heavy atom. The molecule has 0 saturated carbocycles. The lowest BCUT2D eigenvalue weighted by atomic mass is 10.0. The van der Waals surface area contributed by atoms with Crippen LogP contribution in [0.3, 0.4) is 0 Å². The zero-order chi connectivity index (χ0) is 26.6. The van der Waals surface area contributed by atoms with Crippen molar-refractivity contribution in [3.63, 3.8) is 0 Å². The first-order chi connectivity index (χ1) is 18.4. The van der Waals surface area contributed by atoms with Crippen LogP contribution in [-0.4, -0.2) is 50.3 Å². The van der Waals surface area contributed by atoms with Crippen LogP contribution in [0.15, 0.2) is 60.9 Å². The number of thiophene rings is 1. The molecule has 0 radical (unpaired) electrons. The van der Waals surface area contributed by atoms with Crippen LogP contribution in [0.4, 0.5) is 0 Å². The summed E-state index contributed by atoms with van der Waals surface area (Å²) in [7, 11) is 0. The third-order valence-electron chi connectivity index (χ3n) is 6.36. The Hall–Kier alpha value is -4.59. The maximum Gasteiger partial charge on any atom is 0.326 e. The molecule has 9 nitrogen and oxygen atoms in total. The summed E-state index contributed by atoms with van der Waals surface area (Å²) in [5.74, 6) is 9.88. The number of aliphatic carboxylic acids is 1. The molecule has 38 heavy (non-hydrogen) atoms. The van der Waals surface area contributed by atoms with Gasteiger partial charge in [0.25, 0.3) is 11.8 Å². The molecule has 1 aromatic carbocycles. The Labute approximate surface area is 222 Å². The normalized spacial score (nSPS) is 15.0. The number of nitrogen functional groups attached to an aromatic ring is 1. The van der Waals surface area contributed by atoms with Crippen LogP contribution >= 0.6 is 11.3 Å². The van der Waals surface area contributed by atoms with Crippen LogP contribution in [0.1, 0.15) is 49.7 Å². The van der Waals surface area contributed by atoms with E-state index < -0.39 is 17.9 Å². The fourth-order valence-corrected chi connectivity index (χ4v) is 5.25. The minimum atomic E-state index is -0.965. The second-order valence-electron chi connectivity index (χ2n) is 8.76. The molecule has 0 bridgehead atoms. The number of carbonyl (C=O) groups excluding carboxylic acids is 2. The Bertz CT molecular complexity index is 1600. The van der Waals surface area contributed by atoms with E-state index in [1.165, 1.54) is 16.2 Å². The lowest BCUT2D eigenvalue weighted by Crippen LogP contribution is -2.47. The van der Waals surface area contributed by atoms with Crippen molar-refractivity contribution in [2.24, 2.45) is 5.84 Å². The third-order valence-corrected chi connectivity index (χ3v) is 7.35. The minimum Gasteiger partial charge on any atom is -0.480 e. The average molecular weight is 526 g/mol. The van der Waals surface area contributed by atoms with E-state index in [1.54, 1.807) is 36.7 Å². The summed E-state index contributed by atoms with van der Waals surface area (Å²) < 4.78 is 0. The number of nitrogens with one attached hydrogen (secondary N) is 1. The van der Waals surface area contributed by atoms with Gasteiger partial charge in [0.1, 0.15) is 6.04 Å². The van der Waals surface area contributed by atoms with E-state index in [0.29, 0.717) is 44.9 Å². The van der Waals surface area contributed by atoms with Gasteiger partial charge in [-0.2, -0.15) is 0 Å². The van der Waals surface area contributed by atoms with E-state index >= 15 is 0 Å². The number of carboxylic acids is 1. The Morgan fingerprint density at radius 3 is 2.66 bits per heavy atom. The van der Waals surface area contributed by atoms with E-state index in [2.05, 4.69) is 27.2 Å². The molecule has 0 spiro atoms. The van der Waals surface area contributed by atoms with Crippen molar-refractivity contribution in [2.45, 2.75) is 25.3 Å². The van der Waals surface area contributed by atoms with Crippen molar-refractivity contribution in [1.82, 2.24) is 20.3 Å². The van der Waals surface area contributed by atoms with Gasteiger partial charge in [-0.05, 0) is 55.7 Å². The first-order valence-corrected chi connectivity index (χ1v) is 12.8. The summed E-state index contributed by atoms with van der Waals surface area (Å²) in [6, 6.07) is 13.6. The standard InChI is InChI=1S/C28H23N5O4S/c29-32-26(34)20-15-23(31-22-12-13-30-16-21(20)22)18-7-4-17(5-8-18)6-9-19-10-11-25(38-19)27(35)33-14-2-1-3-24(33)28(36)37/h4-5,7-8,10-13,15-16,24H,1-3,14,29H2,(H,32,34)(H,36,37). The molecule has 2 amide bonds. The van der Waals surface area contributed by atoms with Crippen LogP contribution in [0.2, 0.25) is 0 Å². The maximum atomic E-state index is 12.9. The molecule has 0 aliphatic carbocycles. The first kappa shape index (κ1) is 25.1. The monoisotopic (exact) mass is 525 g/mol. The predicted octanol–water partition coefficient (Wildman–Crippen LogP) is 3.44. The molecule has 4 N–H and O–H groups in total. The fraction of sp³-hybridized carbons (Fsp3) is 0.179. The molecule has 10 heteroatoms. The van der Waals surface area contributed by atoms with Crippen molar-refractivity contribution in [1.29, 1.82) is 0 Å². The fourth-order valence-electron chi connectivity index (χ4n) is 4.43. The van der Waals surface area contributed by atoms with Gasteiger partial charge in [-0.25, -0.2) is 15.6 Å². The van der Waals surface area contributed by atoms with E-state index in [1.807, 2.05) is 24.3 Å². The third kappa shape index (κ3) is 5.11. The molecule has 4 aromatic rings. The van der Waals surface area contributed by atoms with Crippen LogP contribution in [0.25, 0.3) is 22.2 Å². The van der Waals surface area contributed by atoms with Crippen LogP contribution in [0.5, 0.6) is 0 Å². The summed E-state index contributed by atoms with van der Waals surface area (Å²) in [5.41, 5.74) is 5.36. The average Bonchev–Trinajstić information content (AvgIpc) is 3.44. The largest absolute Gasteiger partial charge is 0.480 e. The highest BCUT2D eigenvalue weighted by atomic mass is 32.1. The summed E-state index contributed by atoms with van der Waals surface area (Å²) in [6.45, 7) is 0.447. The van der Waals surface area contributed by atoms with Crippen LogP contribution in [0, 0.1) is 11.8 Å². The summed E-state index contributed by atoms with van der Waals surface area (Å²) in [6.07, 6.45) is 5.28. The number of aromatic nitrogens is 2. The zero-order valence-electron chi connectivity index (χ0n) is 20.2. The van der Waals surface area contributed by atoms with Crippen molar-refractivity contribution in [2.75, 3.05) is 6.54 Å². The van der Waals surface area contributed by atoms with Gasteiger partial charge in [0.15, 0.2) is 0 Å². The molecule has 1 aliphatic rings. The lowest BCUT2D eigenvalue weighted by Gasteiger charge is -2.32. The molecule has 1 aliphatic heterocycles. The quantitative estimate of drug-likeness (QED) is 0.161. The van der Waals surface area contributed by atoms with Gasteiger partial charge in [0.2, 0.25) is 0 Å². The Balaban J connectivity index is 1.35. The number of fused-ring (bicyclic) bond motifs is 1. The van der Waals surface area contributed by atoms with Gasteiger partial charge >= 0.3 is 5.97 Å². The number of benzene rings is 1. The number of nitrogens with zero attached hydrogens (tertiary/aromatic N) is 3. The number of hydrazine groups is 1. The predicted molar refractivity (Wildman–Crippen MR) is 143 cm³/mol. The highest BCUT2D eigenvalue weighted by Crippen LogP contribution is 2.26. The van der Waals surface area contributed by atoms with Gasteiger partial charge in [0, 0.05) is 35.5 Å². The first-order valence-electron chi connectivity index (χ1n) is 12.0. The van der Waals surface area contributed by atoms with Crippen molar-refractivity contribution in [3.8, 4) is 23.1 Å². The molecule has 1 fully saturated rings. The summed E-state index contributed by atoms with van der Waals surface area (Å²) >= 11 is 1.25. The van der Waals surface area contributed by atoms with Crippen molar-refractivity contribution in [3.05, 3.63) is 81.8 Å². The second-order valence-corrected chi connectivity index (χ2v) is 9.84. The number of carbonyl (C=O) groups is 3. The van der Waals surface area contributed by atoms with Gasteiger partial charge < -0.3 is 10.0 Å². The molecule has 1 saturated heterocycles. The lowest BCUT2D eigenvalue weighted by molar-refractivity contribution is -0.143. The zero-order valence-corrected chi connectivity index (χ0v) is 21.0.